The van der Waals surface area contributed by atoms with E-state index in [0.29, 0.717) is 28.1 Å². The lowest BCUT2D eigenvalue weighted by molar-refractivity contribution is -0.138. The van der Waals surface area contributed by atoms with Gasteiger partial charge in [-0.25, -0.2) is 9.97 Å². The van der Waals surface area contributed by atoms with Crippen molar-refractivity contribution in [2.24, 2.45) is 0 Å². The molecule has 0 amide bonds. The summed E-state index contributed by atoms with van der Waals surface area (Å²) in [5, 5.41) is 7.93. The van der Waals surface area contributed by atoms with Crippen LogP contribution in [0.2, 0.25) is 0 Å². The van der Waals surface area contributed by atoms with E-state index in [-0.39, 0.29) is 24.9 Å². The van der Waals surface area contributed by atoms with Crippen LogP contribution in [0.5, 0.6) is 0 Å². The zero-order chi connectivity index (χ0) is 30.2. The summed E-state index contributed by atoms with van der Waals surface area (Å²) in [6.45, 7) is 0.165. The highest BCUT2D eigenvalue weighted by Gasteiger charge is 2.31. The molecule has 0 fully saturated rings. The fraction of sp³-hybridized carbons (Fsp3) is 0.133. The minimum absolute atomic E-state index is 0.00769. The third-order valence-electron chi connectivity index (χ3n) is 6.72. The summed E-state index contributed by atoms with van der Waals surface area (Å²) >= 11 is 0. The van der Waals surface area contributed by atoms with Gasteiger partial charge >= 0.3 is 12.4 Å². The van der Waals surface area contributed by atoms with Crippen molar-refractivity contribution in [3.8, 4) is 0 Å². The minimum atomic E-state index is -4.49. The number of pyridine rings is 1. The fourth-order valence-corrected chi connectivity index (χ4v) is 4.60. The van der Waals surface area contributed by atoms with Crippen LogP contribution in [0.15, 0.2) is 91.4 Å². The van der Waals surface area contributed by atoms with Gasteiger partial charge in [-0.15, -0.1) is 0 Å². The molecule has 7 nitrogen and oxygen atoms in total. The van der Waals surface area contributed by atoms with Crippen LogP contribution in [-0.4, -0.2) is 24.5 Å². The van der Waals surface area contributed by atoms with Crippen molar-refractivity contribution in [2.75, 3.05) is 10.6 Å². The summed E-state index contributed by atoms with van der Waals surface area (Å²) in [4.78, 5) is 18.0. The van der Waals surface area contributed by atoms with Crippen LogP contribution in [0.4, 0.5) is 43.9 Å². The second-order valence-electron chi connectivity index (χ2n) is 9.69. The molecule has 2 N–H and O–H groups in total. The number of alkyl halides is 6. The molecule has 0 unspecified atom stereocenters. The maximum atomic E-state index is 13.2. The van der Waals surface area contributed by atoms with Crippen molar-refractivity contribution in [3.63, 3.8) is 0 Å². The number of halogens is 6. The smallest absolute Gasteiger partial charge is 0.364 e. The molecule has 3 aromatic heterocycles. The summed E-state index contributed by atoms with van der Waals surface area (Å²) in [6.07, 6.45) is -5.83. The molecular formula is C30H21F6N7. The van der Waals surface area contributed by atoms with Crippen LogP contribution in [-0.2, 0) is 25.4 Å². The third-order valence-corrected chi connectivity index (χ3v) is 6.72. The van der Waals surface area contributed by atoms with Gasteiger partial charge in [0.05, 0.1) is 24.0 Å². The Balaban J connectivity index is 1.37. The van der Waals surface area contributed by atoms with Gasteiger partial charge in [-0.05, 0) is 46.8 Å². The zero-order valence-electron chi connectivity index (χ0n) is 22.1. The van der Waals surface area contributed by atoms with E-state index in [1.165, 1.54) is 24.5 Å². The van der Waals surface area contributed by atoms with E-state index in [9.17, 15) is 26.3 Å². The molecule has 3 heterocycles. The van der Waals surface area contributed by atoms with Crippen LogP contribution in [0.1, 0.15) is 22.3 Å². The van der Waals surface area contributed by atoms with Gasteiger partial charge < -0.3 is 15.2 Å². The molecule has 0 aliphatic carbocycles. The lowest BCUT2D eigenvalue weighted by Crippen LogP contribution is -2.09. The number of nitrogens with zero attached hydrogens (tertiary/aromatic N) is 5. The van der Waals surface area contributed by atoms with Crippen molar-refractivity contribution in [1.29, 1.82) is 0 Å². The van der Waals surface area contributed by atoms with E-state index in [1.54, 1.807) is 16.8 Å². The largest absolute Gasteiger partial charge is 0.416 e. The van der Waals surface area contributed by atoms with E-state index >= 15 is 0 Å². The maximum absolute atomic E-state index is 13.2. The van der Waals surface area contributed by atoms with Crippen LogP contribution in [0.3, 0.4) is 0 Å². The first-order chi connectivity index (χ1) is 20.5. The highest BCUT2D eigenvalue weighted by atomic mass is 19.4. The van der Waals surface area contributed by atoms with Crippen molar-refractivity contribution >= 4 is 39.5 Å². The van der Waals surface area contributed by atoms with Gasteiger partial charge in [0.1, 0.15) is 5.82 Å². The summed E-state index contributed by atoms with van der Waals surface area (Å²) in [7, 11) is 0. The second-order valence-corrected chi connectivity index (χ2v) is 9.69. The molecule has 0 bridgehead atoms. The van der Waals surface area contributed by atoms with Gasteiger partial charge in [-0.2, -0.15) is 36.3 Å². The van der Waals surface area contributed by atoms with Gasteiger partial charge in [-0.3, -0.25) is 0 Å². The van der Waals surface area contributed by atoms with Gasteiger partial charge in [0.25, 0.3) is 0 Å². The Morgan fingerprint density at radius 3 is 2.23 bits per heavy atom. The average Bonchev–Trinajstić information content (AvgIpc) is 3.38. The molecule has 0 saturated heterocycles. The van der Waals surface area contributed by atoms with Crippen molar-refractivity contribution in [3.05, 3.63) is 114 Å². The van der Waals surface area contributed by atoms with Crippen LogP contribution in [0, 0.1) is 0 Å². The number of hydrogen-bond acceptors (Lipinski definition) is 6. The summed E-state index contributed by atoms with van der Waals surface area (Å²) in [5.41, 5.74) is 0.0965. The SMILES string of the molecule is FC(F)(F)c1ccc(Cn2cnc3c(NCc4cccc(C(F)(F)F)c4)nc(Nc4nccc5ccccc45)nc32)cc1. The number of rotatable bonds is 7. The predicted molar refractivity (Wildman–Crippen MR) is 150 cm³/mol. The Kier molecular flexibility index (Phi) is 7.08. The Bertz CT molecular complexity index is 1910. The normalized spacial score (nSPS) is 12.1. The maximum Gasteiger partial charge on any atom is 0.416 e. The highest BCUT2D eigenvalue weighted by Crippen LogP contribution is 2.31. The van der Waals surface area contributed by atoms with Crippen LogP contribution < -0.4 is 10.6 Å². The average molecular weight is 594 g/mol. The quantitative estimate of drug-likeness (QED) is 0.184. The predicted octanol–water partition coefficient (Wildman–Crippen LogP) is 7.82. The van der Waals surface area contributed by atoms with Crippen LogP contribution in [0.25, 0.3) is 21.9 Å². The molecule has 43 heavy (non-hydrogen) atoms. The molecule has 0 atom stereocenters. The fourth-order valence-electron chi connectivity index (χ4n) is 4.60. The van der Waals surface area contributed by atoms with Gasteiger partial charge in [0, 0.05) is 18.1 Å². The highest BCUT2D eigenvalue weighted by molar-refractivity contribution is 5.93. The molecular weight excluding hydrogens is 572 g/mol. The molecule has 0 radical (unpaired) electrons. The Hall–Kier alpha value is -5.20. The molecule has 218 valence electrons. The molecule has 6 aromatic rings. The third kappa shape index (κ3) is 6.05. The summed E-state index contributed by atoms with van der Waals surface area (Å²) in [5.74, 6) is 0.864. The summed E-state index contributed by atoms with van der Waals surface area (Å²) < 4.78 is 80.5. The van der Waals surface area contributed by atoms with Gasteiger partial charge in [0.2, 0.25) is 5.95 Å². The Morgan fingerprint density at radius 2 is 1.47 bits per heavy atom. The topological polar surface area (TPSA) is 80.5 Å². The van der Waals surface area contributed by atoms with E-state index in [2.05, 4.69) is 30.6 Å². The van der Waals surface area contributed by atoms with E-state index in [4.69, 9.17) is 0 Å². The van der Waals surface area contributed by atoms with E-state index in [0.717, 1.165) is 35.0 Å². The molecule has 3 aromatic carbocycles. The van der Waals surface area contributed by atoms with Crippen molar-refractivity contribution < 1.29 is 26.3 Å². The van der Waals surface area contributed by atoms with Gasteiger partial charge in [-0.1, -0.05) is 48.5 Å². The monoisotopic (exact) mass is 593 g/mol. The second kappa shape index (κ2) is 10.9. The number of nitrogens with one attached hydrogen (secondary N) is 2. The number of benzene rings is 3. The lowest BCUT2D eigenvalue weighted by atomic mass is 10.1. The molecule has 0 aliphatic rings. The standard InChI is InChI=1S/C30H21F6N7/c31-29(32,33)21-10-8-18(9-11-21)16-43-17-39-24-26(38-15-19-4-3-6-22(14-19)30(34,35)36)41-28(42-27(24)43)40-25-23-7-2-1-5-20(23)12-13-37-25/h1-14,17H,15-16H2,(H2,37,38,40,41,42). The number of aromatic nitrogens is 5. The van der Waals surface area contributed by atoms with E-state index in [1.807, 2.05) is 30.3 Å². The summed E-state index contributed by atoms with van der Waals surface area (Å²) in [6, 6.07) is 19.1. The Morgan fingerprint density at radius 1 is 0.698 bits per heavy atom. The first-order valence-electron chi connectivity index (χ1n) is 12.9. The number of imidazole rings is 1. The molecule has 13 heteroatoms. The lowest BCUT2D eigenvalue weighted by Gasteiger charge is -2.13. The zero-order valence-corrected chi connectivity index (χ0v) is 22.1. The molecule has 0 saturated carbocycles. The molecule has 0 aliphatic heterocycles. The van der Waals surface area contributed by atoms with E-state index < -0.39 is 23.5 Å². The first kappa shape index (κ1) is 27.9. The number of anilines is 3. The first-order valence-corrected chi connectivity index (χ1v) is 12.9. The van der Waals surface area contributed by atoms with Crippen molar-refractivity contribution in [2.45, 2.75) is 25.4 Å². The number of hydrogen-bond donors (Lipinski definition) is 2. The minimum Gasteiger partial charge on any atom is -0.364 e. The van der Waals surface area contributed by atoms with Gasteiger partial charge in [0.15, 0.2) is 17.0 Å². The number of fused-ring (bicyclic) bond motifs is 2. The van der Waals surface area contributed by atoms with Crippen molar-refractivity contribution in [1.82, 2.24) is 24.5 Å². The Labute approximate surface area is 240 Å². The molecule has 0 spiro atoms. The van der Waals surface area contributed by atoms with Crippen LogP contribution >= 0.6 is 0 Å². The molecule has 6 rings (SSSR count).